The molecule has 2 aliphatic rings. The fourth-order valence-electron chi connectivity index (χ4n) is 1.95. The Bertz CT molecular complexity index is 247. The molecule has 2 rings (SSSR count). The molecule has 0 aromatic carbocycles. The van der Waals surface area contributed by atoms with Crippen LogP contribution in [0.3, 0.4) is 0 Å². The van der Waals surface area contributed by atoms with Crippen LogP contribution in [0.25, 0.3) is 0 Å². The number of hydrogen-bond acceptors (Lipinski definition) is 3. The van der Waals surface area contributed by atoms with Crippen molar-refractivity contribution < 1.29 is 4.74 Å². The van der Waals surface area contributed by atoms with Gasteiger partial charge in [0.05, 0.1) is 13.2 Å². The van der Waals surface area contributed by atoms with Crippen molar-refractivity contribution in [1.82, 2.24) is 10.2 Å². The zero-order valence-corrected chi connectivity index (χ0v) is 10.5. The van der Waals surface area contributed by atoms with Gasteiger partial charge in [-0.15, -0.1) is 0 Å². The maximum absolute atomic E-state index is 5.75. The molecule has 1 aliphatic heterocycles. The number of unbranched alkanes of at least 4 members (excludes halogenated alkanes) is 1. The smallest absolute Gasteiger partial charge is 0.188 e. The fraction of sp³-hybridized carbons (Fsp3) is 0.917. The lowest BCUT2D eigenvalue weighted by molar-refractivity contribution is 0.0373. The van der Waals surface area contributed by atoms with Crippen LogP contribution in [0.5, 0.6) is 0 Å². The second-order valence-electron chi connectivity index (χ2n) is 4.85. The lowest BCUT2D eigenvalue weighted by Crippen LogP contribution is -2.36. The number of guanidine groups is 1. The van der Waals surface area contributed by atoms with Gasteiger partial charge in [-0.3, -0.25) is 9.89 Å². The Hall–Kier alpha value is -0.810. The SMILES string of the molecule is NC(=NCCCCN1CCOCC1)NC1CC1. The first-order valence-electron chi connectivity index (χ1n) is 6.71. The van der Waals surface area contributed by atoms with Gasteiger partial charge >= 0.3 is 0 Å². The van der Waals surface area contributed by atoms with Crippen molar-refractivity contribution in [2.24, 2.45) is 10.7 Å². The summed E-state index contributed by atoms with van der Waals surface area (Å²) in [7, 11) is 0. The predicted molar refractivity (Wildman–Crippen MR) is 69.1 cm³/mol. The Kier molecular flexibility index (Phi) is 5.07. The van der Waals surface area contributed by atoms with Crippen LogP contribution < -0.4 is 11.1 Å². The molecule has 2 fully saturated rings. The van der Waals surface area contributed by atoms with Gasteiger partial charge in [0.1, 0.15) is 0 Å². The molecule has 3 N–H and O–H groups in total. The molecule has 5 heteroatoms. The van der Waals surface area contributed by atoms with Gasteiger partial charge in [0.2, 0.25) is 0 Å². The summed E-state index contributed by atoms with van der Waals surface area (Å²) in [4.78, 5) is 6.78. The van der Waals surface area contributed by atoms with Gasteiger partial charge < -0.3 is 15.8 Å². The van der Waals surface area contributed by atoms with Crippen molar-refractivity contribution in [2.45, 2.75) is 31.7 Å². The molecule has 1 saturated carbocycles. The molecule has 0 atom stereocenters. The third-order valence-corrected chi connectivity index (χ3v) is 3.20. The molecule has 1 aliphatic carbocycles. The number of aliphatic imine (C=N–C) groups is 1. The van der Waals surface area contributed by atoms with E-state index in [4.69, 9.17) is 10.5 Å². The third-order valence-electron chi connectivity index (χ3n) is 3.20. The summed E-state index contributed by atoms with van der Waals surface area (Å²) in [5.74, 6) is 0.624. The minimum absolute atomic E-state index is 0.604. The van der Waals surface area contributed by atoms with E-state index in [1.54, 1.807) is 0 Å². The zero-order chi connectivity index (χ0) is 11.9. The topological polar surface area (TPSA) is 62.9 Å². The molecule has 98 valence electrons. The maximum Gasteiger partial charge on any atom is 0.188 e. The van der Waals surface area contributed by atoms with Crippen molar-refractivity contribution in [3.05, 3.63) is 0 Å². The van der Waals surface area contributed by atoms with Crippen LogP contribution in [0.15, 0.2) is 4.99 Å². The highest BCUT2D eigenvalue weighted by molar-refractivity contribution is 5.78. The molecule has 0 aromatic rings. The van der Waals surface area contributed by atoms with Crippen molar-refractivity contribution >= 4 is 5.96 Å². The molecule has 0 spiro atoms. The van der Waals surface area contributed by atoms with Crippen LogP contribution in [-0.2, 0) is 4.74 Å². The number of nitrogens with zero attached hydrogens (tertiary/aromatic N) is 2. The normalized spacial score (nSPS) is 22.7. The standard InChI is InChI=1S/C12H24N4O/c13-12(15-11-3-4-11)14-5-1-2-6-16-7-9-17-10-8-16/h11H,1-10H2,(H3,13,14,15). The minimum atomic E-state index is 0.604. The highest BCUT2D eigenvalue weighted by atomic mass is 16.5. The first-order valence-corrected chi connectivity index (χ1v) is 6.71. The summed E-state index contributed by atoms with van der Waals surface area (Å²) in [6.07, 6.45) is 4.80. The summed E-state index contributed by atoms with van der Waals surface area (Å²) in [6, 6.07) is 0.604. The largest absolute Gasteiger partial charge is 0.379 e. The fourth-order valence-corrected chi connectivity index (χ4v) is 1.95. The molecule has 0 amide bonds. The zero-order valence-electron chi connectivity index (χ0n) is 10.5. The number of nitrogens with two attached hydrogens (primary N) is 1. The van der Waals surface area contributed by atoms with Gasteiger partial charge in [0.25, 0.3) is 0 Å². The number of ether oxygens (including phenoxy) is 1. The third kappa shape index (κ3) is 5.37. The summed E-state index contributed by atoms with van der Waals surface area (Å²) < 4.78 is 5.31. The number of rotatable bonds is 6. The first kappa shape index (κ1) is 12.6. The second-order valence-corrected chi connectivity index (χ2v) is 4.85. The molecular formula is C12H24N4O. The lowest BCUT2D eigenvalue weighted by Gasteiger charge is -2.26. The Balaban J connectivity index is 1.47. The maximum atomic E-state index is 5.75. The molecule has 0 aromatic heterocycles. The van der Waals surface area contributed by atoms with E-state index in [1.807, 2.05) is 0 Å². The van der Waals surface area contributed by atoms with E-state index in [1.165, 1.54) is 19.3 Å². The van der Waals surface area contributed by atoms with E-state index in [0.29, 0.717) is 12.0 Å². The van der Waals surface area contributed by atoms with E-state index in [2.05, 4.69) is 15.2 Å². The molecule has 0 bridgehead atoms. The average molecular weight is 240 g/mol. The molecule has 5 nitrogen and oxygen atoms in total. The molecular weight excluding hydrogens is 216 g/mol. The second kappa shape index (κ2) is 6.81. The molecule has 1 saturated heterocycles. The summed E-state index contributed by atoms with van der Waals surface area (Å²) in [5.41, 5.74) is 5.75. The number of hydrogen-bond donors (Lipinski definition) is 2. The van der Waals surface area contributed by atoms with E-state index in [9.17, 15) is 0 Å². The lowest BCUT2D eigenvalue weighted by atomic mass is 10.3. The molecule has 17 heavy (non-hydrogen) atoms. The Morgan fingerprint density at radius 1 is 1.29 bits per heavy atom. The van der Waals surface area contributed by atoms with Gasteiger partial charge in [-0.05, 0) is 32.2 Å². The van der Waals surface area contributed by atoms with Crippen LogP contribution in [0.2, 0.25) is 0 Å². The molecule has 1 heterocycles. The van der Waals surface area contributed by atoms with Crippen LogP contribution in [0, 0.1) is 0 Å². The Morgan fingerprint density at radius 3 is 2.76 bits per heavy atom. The summed E-state index contributed by atoms with van der Waals surface area (Å²) >= 11 is 0. The van der Waals surface area contributed by atoms with Crippen molar-refractivity contribution in [2.75, 3.05) is 39.4 Å². The van der Waals surface area contributed by atoms with E-state index in [0.717, 1.165) is 45.8 Å². The summed E-state index contributed by atoms with van der Waals surface area (Å²) in [6.45, 7) is 5.93. The highest BCUT2D eigenvalue weighted by Crippen LogP contribution is 2.17. The Morgan fingerprint density at radius 2 is 2.06 bits per heavy atom. The van der Waals surface area contributed by atoms with Crippen LogP contribution in [0.1, 0.15) is 25.7 Å². The first-order chi connectivity index (χ1) is 8.34. The van der Waals surface area contributed by atoms with Gasteiger partial charge in [-0.2, -0.15) is 0 Å². The van der Waals surface area contributed by atoms with Gasteiger partial charge in [0.15, 0.2) is 5.96 Å². The quantitative estimate of drug-likeness (QED) is 0.394. The van der Waals surface area contributed by atoms with Crippen LogP contribution in [-0.4, -0.2) is 56.3 Å². The monoisotopic (exact) mass is 240 g/mol. The highest BCUT2D eigenvalue weighted by Gasteiger charge is 2.21. The van der Waals surface area contributed by atoms with Crippen LogP contribution in [0.4, 0.5) is 0 Å². The number of morpholine rings is 1. The van der Waals surface area contributed by atoms with Gasteiger partial charge in [-0.25, -0.2) is 0 Å². The van der Waals surface area contributed by atoms with Crippen molar-refractivity contribution in [3.8, 4) is 0 Å². The number of nitrogens with one attached hydrogen (secondary N) is 1. The summed E-state index contributed by atoms with van der Waals surface area (Å²) in [5, 5.41) is 3.19. The van der Waals surface area contributed by atoms with E-state index >= 15 is 0 Å². The predicted octanol–water partition coefficient (Wildman–Crippen LogP) is 0.166. The van der Waals surface area contributed by atoms with Crippen molar-refractivity contribution in [3.63, 3.8) is 0 Å². The van der Waals surface area contributed by atoms with Gasteiger partial charge in [-0.1, -0.05) is 0 Å². The molecule has 0 unspecified atom stereocenters. The van der Waals surface area contributed by atoms with E-state index in [-0.39, 0.29) is 0 Å². The average Bonchev–Trinajstić information content (AvgIpc) is 3.14. The van der Waals surface area contributed by atoms with Crippen LogP contribution >= 0.6 is 0 Å². The Labute approximate surface area is 103 Å². The molecule has 0 radical (unpaired) electrons. The van der Waals surface area contributed by atoms with Crippen molar-refractivity contribution in [1.29, 1.82) is 0 Å². The minimum Gasteiger partial charge on any atom is -0.379 e. The van der Waals surface area contributed by atoms with Gasteiger partial charge in [0, 0.05) is 25.7 Å². The van der Waals surface area contributed by atoms with E-state index < -0.39 is 0 Å².